The van der Waals surface area contributed by atoms with Crippen molar-refractivity contribution in [2.45, 2.75) is 6.42 Å². The van der Waals surface area contributed by atoms with Crippen LogP contribution in [-0.2, 0) is 16.0 Å². The monoisotopic (exact) mass is 373 g/mol. The highest BCUT2D eigenvalue weighted by atomic mass is 35.5. The lowest BCUT2D eigenvalue weighted by Gasteiger charge is -2.13. The highest BCUT2D eigenvalue weighted by Gasteiger charge is 2.14. The van der Waals surface area contributed by atoms with E-state index in [0.29, 0.717) is 27.7 Å². The number of methoxy groups -OCH3 is 1. The highest BCUT2D eigenvalue weighted by molar-refractivity contribution is 6.30. The van der Waals surface area contributed by atoms with E-state index in [-0.39, 0.29) is 18.9 Å². The lowest BCUT2D eigenvalue weighted by Crippen LogP contribution is -2.30. The van der Waals surface area contributed by atoms with Gasteiger partial charge in [0.25, 0.3) is 0 Å². The minimum absolute atomic E-state index is 0.103. The molecule has 0 aliphatic carbocycles. The molecule has 7 nitrogen and oxygen atoms in total. The second kappa shape index (κ2) is 7.88. The number of ether oxygens (including phenoxy) is 2. The maximum absolute atomic E-state index is 12.3. The van der Waals surface area contributed by atoms with Gasteiger partial charge in [0.15, 0.2) is 0 Å². The molecule has 0 fully saturated rings. The van der Waals surface area contributed by atoms with Crippen LogP contribution >= 0.6 is 11.6 Å². The zero-order valence-corrected chi connectivity index (χ0v) is 14.7. The molecule has 1 heterocycles. The molecule has 0 saturated heterocycles. The average Bonchev–Trinajstić information content (AvgIpc) is 2.63. The summed E-state index contributed by atoms with van der Waals surface area (Å²) in [6, 6.07) is 12.2. The molecule has 0 spiro atoms. The summed E-state index contributed by atoms with van der Waals surface area (Å²) < 4.78 is 10.1. The molecule has 134 valence electrons. The van der Waals surface area contributed by atoms with Crippen molar-refractivity contribution >= 4 is 35.0 Å². The summed E-state index contributed by atoms with van der Waals surface area (Å²) in [7, 11) is 1.55. The summed E-state index contributed by atoms with van der Waals surface area (Å²) in [5, 5.41) is 7.29. The maximum atomic E-state index is 12.3. The van der Waals surface area contributed by atoms with Gasteiger partial charge in [-0.2, -0.15) is 5.10 Å². The van der Waals surface area contributed by atoms with E-state index in [1.807, 2.05) is 0 Å². The Balaban J connectivity index is 1.65. The number of amides is 2. The van der Waals surface area contributed by atoms with Crippen molar-refractivity contribution in [2.75, 3.05) is 19.0 Å². The topological polar surface area (TPSA) is 89.0 Å². The van der Waals surface area contributed by atoms with Crippen LogP contribution in [0.2, 0.25) is 5.02 Å². The Morgan fingerprint density at radius 2 is 2.08 bits per heavy atom. The smallest absolute Gasteiger partial charge is 0.428 e. The SMILES string of the molecule is COc1ccc(Cl)cc1CC(=O)Nc1ccc(C2=NNC(=O)OC2)cc1. The predicted molar refractivity (Wildman–Crippen MR) is 97.8 cm³/mol. The van der Waals surface area contributed by atoms with Crippen molar-refractivity contribution in [1.82, 2.24) is 5.43 Å². The number of hydrogen-bond donors (Lipinski definition) is 2. The normalized spacial score (nSPS) is 13.3. The molecule has 2 amide bonds. The number of rotatable bonds is 5. The molecular weight excluding hydrogens is 358 g/mol. The van der Waals surface area contributed by atoms with Gasteiger partial charge in [-0.25, -0.2) is 10.2 Å². The number of nitrogens with one attached hydrogen (secondary N) is 2. The average molecular weight is 374 g/mol. The first kappa shape index (κ1) is 17.8. The van der Waals surface area contributed by atoms with Gasteiger partial charge in [0.1, 0.15) is 18.1 Å². The van der Waals surface area contributed by atoms with Crippen LogP contribution in [0.4, 0.5) is 10.5 Å². The summed E-state index contributed by atoms with van der Waals surface area (Å²) in [5.41, 5.74) is 5.00. The van der Waals surface area contributed by atoms with E-state index >= 15 is 0 Å². The van der Waals surface area contributed by atoms with Gasteiger partial charge < -0.3 is 14.8 Å². The van der Waals surface area contributed by atoms with Crippen LogP contribution < -0.4 is 15.5 Å². The highest BCUT2D eigenvalue weighted by Crippen LogP contribution is 2.23. The van der Waals surface area contributed by atoms with E-state index in [1.165, 1.54) is 0 Å². The van der Waals surface area contributed by atoms with Crippen LogP contribution in [0.5, 0.6) is 5.75 Å². The number of cyclic esters (lactones) is 1. The number of hydrazone groups is 1. The predicted octanol–water partition coefficient (Wildman–Crippen LogP) is 2.97. The molecule has 0 unspecified atom stereocenters. The fourth-order valence-electron chi connectivity index (χ4n) is 2.47. The van der Waals surface area contributed by atoms with Gasteiger partial charge in [-0.3, -0.25) is 4.79 Å². The van der Waals surface area contributed by atoms with Gasteiger partial charge in [-0.05, 0) is 30.3 Å². The third kappa shape index (κ3) is 4.31. The number of halogens is 1. The quantitative estimate of drug-likeness (QED) is 0.843. The Labute approximate surface area is 154 Å². The Morgan fingerprint density at radius 1 is 1.31 bits per heavy atom. The third-order valence-corrected chi connectivity index (χ3v) is 3.95. The molecule has 26 heavy (non-hydrogen) atoms. The minimum Gasteiger partial charge on any atom is -0.496 e. The molecule has 0 atom stereocenters. The Kier molecular flexibility index (Phi) is 5.38. The summed E-state index contributed by atoms with van der Waals surface area (Å²) in [6.07, 6.45) is -0.438. The van der Waals surface area contributed by atoms with E-state index in [2.05, 4.69) is 15.8 Å². The fraction of sp³-hybridized carbons (Fsp3) is 0.167. The van der Waals surface area contributed by atoms with E-state index < -0.39 is 6.09 Å². The molecule has 0 bridgehead atoms. The summed E-state index contributed by atoms with van der Waals surface area (Å²) in [5.74, 6) is 0.418. The van der Waals surface area contributed by atoms with Gasteiger partial charge in [0.05, 0.1) is 13.5 Å². The van der Waals surface area contributed by atoms with Crippen molar-refractivity contribution in [1.29, 1.82) is 0 Å². The van der Waals surface area contributed by atoms with Gasteiger partial charge in [-0.15, -0.1) is 0 Å². The van der Waals surface area contributed by atoms with E-state index in [9.17, 15) is 9.59 Å². The lowest BCUT2D eigenvalue weighted by atomic mass is 10.1. The van der Waals surface area contributed by atoms with Crippen molar-refractivity contribution in [2.24, 2.45) is 5.10 Å². The number of carbonyl (C=O) groups is 2. The number of hydrogen-bond acceptors (Lipinski definition) is 5. The number of nitrogens with zero attached hydrogens (tertiary/aromatic N) is 1. The largest absolute Gasteiger partial charge is 0.496 e. The number of benzene rings is 2. The summed E-state index contributed by atoms with van der Waals surface area (Å²) >= 11 is 5.98. The van der Waals surface area contributed by atoms with Gasteiger partial charge in [0.2, 0.25) is 5.91 Å². The minimum atomic E-state index is -0.575. The standard InChI is InChI=1S/C18H16ClN3O4/c1-25-16-7-4-13(19)8-12(16)9-17(23)20-14-5-2-11(3-6-14)15-10-26-18(24)22-21-15/h2-8H,9-10H2,1H3,(H,20,23)(H,22,24). The second-order valence-electron chi connectivity index (χ2n) is 5.50. The van der Waals surface area contributed by atoms with Crippen molar-refractivity contribution < 1.29 is 19.1 Å². The molecule has 0 aromatic heterocycles. The first-order chi connectivity index (χ1) is 12.5. The third-order valence-electron chi connectivity index (χ3n) is 3.72. The second-order valence-corrected chi connectivity index (χ2v) is 5.94. The number of carbonyl (C=O) groups excluding carboxylic acids is 2. The van der Waals surface area contributed by atoms with Crippen molar-refractivity contribution in [3.8, 4) is 5.75 Å². The molecule has 2 N–H and O–H groups in total. The van der Waals surface area contributed by atoms with Gasteiger partial charge in [-0.1, -0.05) is 23.7 Å². The zero-order valence-electron chi connectivity index (χ0n) is 13.9. The molecule has 8 heteroatoms. The molecule has 2 aromatic rings. The van der Waals surface area contributed by atoms with Gasteiger partial charge in [0, 0.05) is 21.8 Å². The van der Waals surface area contributed by atoms with E-state index in [0.717, 1.165) is 5.56 Å². The molecule has 0 radical (unpaired) electrons. The lowest BCUT2D eigenvalue weighted by molar-refractivity contribution is -0.115. The van der Waals surface area contributed by atoms with E-state index in [4.69, 9.17) is 21.1 Å². The molecule has 1 aliphatic rings. The van der Waals surface area contributed by atoms with Crippen LogP contribution in [0.3, 0.4) is 0 Å². The van der Waals surface area contributed by atoms with Crippen LogP contribution in [0.25, 0.3) is 0 Å². The van der Waals surface area contributed by atoms with Crippen LogP contribution in [0, 0.1) is 0 Å². The molecule has 0 saturated carbocycles. The van der Waals surface area contributed by atoms with Crippen LogP contribution in [0.15, 0.2) is 47.6 Å². The molecule has 2 aromatic carbocycles. The zero-order chi connectivity index (χ0) is 18.5. The first-order valence-corrected chi connectivity index (χ1v) is 8.15. The van der Waals surface area contributed by atoms with Crippen molar-refractivity contribution in [3.63, 3.8) is 0 Å². The molecule has 1 aliphatic heterocycles. The van der Waals surface area contributed by atoms with Gasteiger partial charge >= 0.3 is 6.09 Å². The number of anilines is 1. The Hall–Kier alpha value is -3.06. The van der Waals surface area contributed by atoms with E-state index in [1.54, 1.807) is 49.6 Å². The summed E-state index contributed by atoms with van der Waals surface area (Å²) in [4.78, 5) is 23.2. The Bertz CT molecular complexity index is 865. The first-order valence-electron chi connectivity index (χ1n) is 7.77. The summed E-state index contributed by atoms with van der Waals surface area (Å²) in [6.45, 7) is 0.103. The Morgan fingerprint density at radius 3 is 2.73 bits per heavy atom. The fourth-order valence-corrected chi connectivity index (χ4v) is 2.66. The van der Waals surface area contributed by atoms with Crippen LogP contribution in [-0.4, -0.2) is 31.4 Å². The van der Waals surface area contributed by atoms with Crippen molar-refractivity contribution in [3.05, 3.63) is 58.6 Å². The maximum Gasteiger partial charge on any atom is 0.428 e. The van der Waals surface area contributed by atoms with Crippen LogP contribution in [0.1, 0.15) is 11.1 Å². The molecule has 3 rings (SSSR count). The molecular formula is C18H16ClN3O4.